The molecule has 2 aromatic carbocycles. The molecule has 1 heterocycles. The van der Waals surface area contributed by atoms with Crippen LogP contribution in [0.4, 0.5) is 10.1 Å². The lowest BCUT2D eigenvalue weighted by atomic mass is 9.98. The van der Waals surface area contributed by atoms with Gasteiger partial charge < -0.3 is 5.32 Å². The highest BCUT2D eigenvalue weighted by molar-refractivity contribution is 9.10. The highest BCUT2D eigenvalue weighted by atomic mass is 79.9. The van der Waals surface area contributed by atoms with Gasteiger partial charge in [-0.05, 0) is 67.8 Å². The third-order valence-electron chi connectivity index (χ3n) is 4.63. The van der Waals surface area contributed by atoms with Gasteiger partial charge in [-0.2, -0.15) is 4.31 Å². The molecule has 1 fully saturated rings. The minimum atomic E-state index is -3.75. The van der Waals surface area contributed by atoms with E-state index < -0.39 is 21.8 Å². The number of rotatable bonds is 4. The molecular formula is C19H20BrFN2O3S. The van der Waals surface area contributed by atoms with Gasteiger partial charge in [0.25, 0.3) is 0 Å². The summed E-state index contributed by atoms with van der Waals surface area (Å²) in [6.45, 7) is 2.39. The maximum atomic E-state index is 13.1. The molecule has 1 amide bonds. The van der Waals surface area contributed by atoms with Crippen LogP contribution in [0.25, 0.3) is 0 Å². The van der Waals surface area contributed by atoms with Gasteiger partial charge in [-0.25, -0.2) is 12.8 Å². The van der Waals surface area contributed by atoms with Crippen molar-refractivity contribution in [3.05, 3.63) is 58.3 Å². The van der Waals surface area contributed by atoms with Crippen LogP contribution < -0.4 is 5.32 Å². The Morgan fingerprint density at radius 1 is 1.22 bits per heavy atom. The second-order valence-corrected chi connectivity index (χ2v) is 9.40. The number of nitrogens with zero attached hydrogens (tertiary/aromatic N) is 1. The van der Waals surface area contributed by atoms with Crippen LogP contribution >= 0.6 is 15.9 Å². The Kier molecular flexibility index (Phi) is 5.98. The number of halogens is 2. The van der Waals surface area contributed by atoms with Crippen LogP contribution in [0.1, 0.15) is 18.4 Å². The van der Waals surface area contributed by atoms with Gasteiger partial charge in [-0.1, -0.05) is 15.9 Å². The Balaban J connectivity index is 1.72. The summed E-state index contributed by atoms with van der Waals surface area (Å²) in [6.07, 6.45) is 1.22. The second-order valence-electron chi connectivity index (χ2n) is 6.61. The molecule has 0 aromatic heterocycles. The number of amides is 1. The molecular weight excluding hydrogens is 435 g/mol. The van der Waals surface area contributed by atoms with Crippen LogP contribution in [0.5, 0.6) is 0 Å². The molecule has 0 spiro atoms. The molecule has 27 heavy (non-hydrogen) atoms. The first-order chi connectivity index (χ1) is 12.8. The molecule has 1 atom stereocenters. The van der Waals surface area contributed by atoms with Crippen LogP contribution in [0.15, 0.2) is 51.8 Å². The fraction of sp³-hybridized carbons (Fsp3) is 0.316. The maximum Gasteiger partial charge on any atom is 0.243 e. The monoisotopic (exact) mass is 454 g/mol. The minimum Gasteiger partial charge on any atom is -0.326 e. The molecule has 1 N–H and O–H groups in total. The predicted molar refractivity (Wildman–Crippen MR) is 105 cm³/mol. The highest BCUT2D eigenvalue weighted by Crippen LogP contribution is 2.26. The van der Waals surface area contributed by atoms with Crippen molar-refractivity contribution >= 4 is 37.5 Å². The van der Waals surface area contributed by atoms with Crippen LogP contribution in [0.3, 0.4) is 0 Å². The molecule has 0 bridgehead atoms. The van der Waals surface area contributed by atoms with Crippen molar-refractivity contribution in [2.45, 2.75) is 24.7 Å². The molecule has 0 radical (unpaired) electrons. The smallest absolute Gasteiger partial charge is 0.243 e. The molecule has 3 rings (SSSR count). The molecule has 0 aliphatic carbocycles. The summed E-state index contributed by atoms with van der Waals surface area (Å²) in [5, 5.41) is 2.87. The SMILES string of the molecule is Cc1cc(NC(=O)[C@H]2CCCN(S(=O)(=O)c3ccc(F)cc3)C2)ccc1Br. The zero-order valence-electron chi connectivity index (χ0n) is 14.8. The number of carbonyl (C=O) groups excluding carboxylic acids is 1. The summed E-state index contributed by atoms with van der Waals surface area (Å²) < 4.78 is 40.9. The van der Waals surface area contributed by atoms with E-state index in [1.54, 1.807) is 6.07 Å². The van der Waals surface area contributed by atoms with Crippen molar-refractivity contribution in [1.29, 1.82) is 0 Å². The van der Waals surface area contributed by atoms with E-state index in [2.05, 4.69) is 21.2 Å². The average molecular weight is 455 g/mol. The van der Waals surface area contributed by atoms with Crippen molar-refractivity contribution in [2.24, 2.45) is 5.92 Å². The topological polar surface area (TPSA) is 66.5 Å². The van der Waals surface area contributed by atoms with Crippen molar-refractivity contribution in [1.82, 2.24) is 4.31 Å². The summed E-state index contributed by atoms with van der Waals surface area (Å²) in [7, 11) is -3.75. The van der Waals surface area contributed by atoms with E-state index in [9.17, 15) is 17.6 Å². The lowest BCUT2D eigenvalue weighted by Gasteiger charge is -2.31. The standard InChI is InChI=1S/C19H20BrFN2O3S/c1-13-11-16(6-9-18(13)20)22-19(24)14-3-2-10-23(12-14)27(25,26)17-7-4-15(21)5-8-17/h4-9,11,14H,2-3,10,12H2,1H3,(H,22,24)/t14-/m0/s1. The molecule has 2 aromatic rings. The van der Waals surface area contributed by atoms with Gasteiger partial charge in [0.05, 0.1) is 10.8 Å². The number of carbonyl (C=O) groups is 1. The molecule has 144 valence electrons. The minimum absolute atomic E-state index is 0.0356. The van der Waals surface area contributed by atoms with Crippen LogP contribution in [0.2, 0.25) is 0 Å². The van der Waals surface area contributed by atoms with Crippen molar-refractivity contribution in [2.75, 3.05) is 18.4 Å². The first kappa shape index (κ1) is 20.0. The quantitative estimate of drug-likeness (QED) is 0.760. The Labute approximate surface area is 166 Å². The number of nitrogens with one attached hydrogen (secondary N) is 1. The number of aryl methyl sites for hydroxylation is 1. The zero-order chi connectivity index (χ0) is 19.6. The summed E-state index contributed by atoms with van der Waals surface area (Å²) >= 11 is 3.42. The number of piperidine rings is 1. The van der Waals surface area contributed by atoms with Gasteiger partial charge >= 0.3 is 0 Å². The van der Waals surface area contributed by atoms with E-state index in [0.717, 1.165) is 22.2 Å². The zero-order valence-corrected chi connectivity index (χ0v) is 17.2. The van der Waals surface area contributed by atoms with E-state index in [-0.39, 0.29) is 17.3 Å². The third-order valence-corrected chi connectivity index (χ3v) is 7.40. The summed E-state index contributed by atoms with van der Waals surface area (Å²) in [6, 6.07) is 10.3. The van der Waals surface area contributed by atoms with Crippen LogP contribution in [0, 0.1) is 18.7 Å². The van der Waals surface area contributed by atoms with E-state index in [0.29, 0.717) is 25.1 Å². The molecule has 1 aliphatic rings. The molecule has 5 nitrogen and oxygen atoms in total. The second kappa shape index (κ2) is 8.08. The fourth-order valence-corrected chi connectivity index (χ4v) is 4.87. The van der Waals surface area contributed by atoms with E-state index in [1.165, 1.54) is 16.4 Å². The fourth-order valence-electron chi connectivity index (χ4n) is 3.10. The summed E-state index contributed by atoms with van der Waals surface area (Å²) in [4.78, 5) is 12.7. The Bertz CT molecular complexity index is 948. The van der Waals surface area contributed by atoms with E-state index >= 15 is 0 Å². The van der Waals surface area contributed by atoms with Gasteiger partial charge in [0.1, 0.15) is 5.82 Å². The molecule has 0 unspecified atom stereocenters. The highest BCUT2D eigenvalue weighted by Gasteiger charge is 2.33. The molecule has 1 aliphatic heterocycles. The molecule has 0 saturated carbocycles. The predicted octanol–water partition coefficient (Wildman–Crippen LogP) is 3.94. The lowest BCUT2D eigenvalue weighted by Crippen LogP contribution is -2.43. The first-order valence-electron chi connectivity index (χ1n) is 8.60. The normalized spacial score (nSPS) is 18.3. The average Bonchev–Trinajstić information content (AvgIpc) is 2.65. The molecule has 8 heteroatoms. The third kappa shape index (κ3) is 4.56. The number of hydrogen-bond acceptors (Lipinski definition) is 3. The maximum absolute atomic E-state index is 13.1. The van der Waals surface area contributed by atoms with Crippen LogP contribution in [-0.2, 0) is 14.8 Å². The molecule has 1 saturated heterocycles. The van der Waals surface area contributed by atoms with Gasteiger partial charge in [-0.15, -0.1) is 0 Å². The Hall–Kier alpha value is -1.77. The first-order valence-corrected chi connectivity index (χ1v) is 10.8. The van der Waals surface area contributed by atoms with Gasteiger partial charge in [-0.3, -0.25) is 4.79 Å². The van der Waals surface area contributed by atoms with Gasteiger partial charge in [0.2, 0.25) is 15.9 Å². The number of hydrogen-bond donors (Lipinski definition) is 1. The van der Waals surface area contributed by atoms with E-state index in [4.69, 9.17) is 0 Å². The van der Waals surface area contributed by atoms with Crippen molar-refractivity contribution < 1.29 is 17.6 Å². The number of anilines is 1. The Morgan fingerprint density at radius 3 is 2.59 bits per heavy atom. The van der Waals surface area contributed by atoms with Crippen molar-refractivity contribution in [3.63, 3.8) is 0 Å². The Morgan fingerprint density at radius 2 is 1.93 bits per heavy atom. The summed E-state index contributed by atoms with van der Waals surface area (Å²) in [5.74, 6) is -1.12. The number of sulfonamides is 1. The lowest BCUT2D eigenvalue weighted by molar-refractivity contribution is -0.120. The van der Waals surface area contributed by atoms with E-state index in [1.807, 2.05) is 19.1 Å². The number of benzene rings is 2. The summed E-state index contributed by atoms with van der Waals surface area (Å²) in [5.41, 5.74) is 1.68. The van der Waals surface area contributed by atoms with Crippen molar-refractivity contribution in [3.8, 4) is 0 Å². The van der Waals surface area contributed by atoms with Gasteiger partial charge in [0.15, 0.2) is 0 Å². The van der Waals surface area contributed by atoms with Crippen LogP contribution in [-0.4, -0.2) is 31.7 Å². The van der Waals surface area contributed by atoms with Gasteiger partial charge in [0, 0.05) is 23.2 Å². The largest absolute Gasteiger partial charge is 0.326 e.